The maximum atomic E-state index is 13.1. The number of nitrogens with two attached hydrogens (primary N) is 1. The van der Waals surface area contributed by atoms with E-state index in [2.05, 4.69) is 0 Å². The van der Waals surface area contributed by atoms with Crippen molar-refractivity contribution >= 4 is 10.8 Å². The standard InChI is InChI=1S/C14H12F3N/c15-14(16,17)11-6-2-4-9-3-1-5-10(12(9)11)13(18)7-8-13/h1-6H,7-8,18H2. The number of hydrogen-bond donors (Lipinski definition) is 1. The predicted molar refractivity (Wildman–Crippen MR) is 64.0 cm³/mol. The molecule has 0 spiro atoms. The maximum Gasteiger partial charge on any atom is 0.417 e. The van der Waals surface area contributed by atoms with Crippen LogP contribution in [-0.2, 0) is 11.7 Å². The third-order valence-electron chi connectivity index (χ3n) is 3.54. The van der Waals surface area contributed by atoms with Gasteiger partial charge < -0.3 is 5.73 Å². The van der Waals surface area contributed by atoms with Gasteiger partial charge >= 0.3 is 6.18 Å². The van der Waals surface area contributed by atoms with Crippen LogP contribution in [0.25, 0.3) is 10.8 Å². The van der Waals surface area contributed by atoms with Crippen LogP contribution < -0.4 is 5.73 Å². The number of benzene rings is 2. The Labute approximate surface area is 102 Å². The van der Waals surface area contributed by atoms with Gasteiger partial charge in [-0.3, -0.25) is 0 Å². The smallest absolute Gasteiger partial charge is 0.321 e. The van der Waals surface area contributed by atoms with Gasteiger partial charge in [-0.1, -0.05) is 30.3 Å². The van der Waals surface area contributed by atoms with Crippen molar-refractivity contribution in [2.75, 3.05) is 0 Å². The lowest BCUT2D eigenvalue weighted by Gasteiger charge is -2.17. The van der Waals surface area contributed by atoms with Gasteiger partial charge in [0.15, 0.2) is 0 Å². The van der Waals surface area contributed by atoms with Gasteiger partial charge in [0.25, 0.3) is 0 Å². The summed E-state index contributed by atoms with van der Waals surface area (Å²) in [4.78, 5) is 0. The van der Waals surface area contributed by atoms with E-state index in [1.807, 2.05) is 0 Å². The molecule has 0 unspecified atom stereocenters. The van der Waals surface area contributed by atoms with E-state index in [1.165, 1.54) is 6.07 Å². The number of rotatable bonds is 1. The summed E-state index contributed by atoms with van der Waals surface area (Å²) in [7, 11) is 0. The molecule has 0 atom stereocenters. The molecule has 1 nitrogen and oxygen atoms in total. The third kappa shape index (κ3) is 1.68. The molecule has 0 amide bonds. The number of alkyl halides is 3. The molecule has 3 rings (SSSR count). The molecular formula is C14H12F3N. The molecule has 18 heavy (non-hydrogen) atoms. The molecule has 4 heteroatoms. The van der Waals surface area contributed by atoms with Gasteiger partial charge in [0.2, 0.25) is 0 Å². The van der Waals surface area contributed by atoms with E-state index >= 15 is 0 Å². The van der Waals surface area contributed by atoms with Crippen LogP contribution >= 0.6 is 0 Å². The molecule has 0 bridgehead atoms. The minimum absolute atomic E-state index is 0.257. The summed E-state index contributed by atoms with van der Waals surface area (Å²) >= 11 is 0. The lowest BCUT2D eigenvalue weighted by atomic mass is 9.93. The summed E-state index contributed by atoms with van der Waals surface area (Å²) < 4.78 is 39.2. The normalized spacial score (nSPS) is 18.0. The van der Waals surface area contributed by atoms with E-state index in [4.69, 9.17) is 5.73 Å². The molecule has 0 radical (unpaired) electrons. The fourth-order valence-electron chi connectivity index (χ4n) is 2.40. The zero-order valence-corrected chi connectivity index (χ0v) is 9.59. The van der Waals surface area contributed by atoms with Gasteiger partial charge in [0.1, 0.15) is 0 Å². The highest BCUT2D eigenvalue weighted by molar-refractivity contribution is 5.90. The lowest BCUT2D eigenvalue weighted by Crippen LogP contribution is -2.20. The molecule has 94 valence electrons. The zero-order valence-electron chi connectivity index (χ0n) is 9.59. The van der Waals surface area contributed by atoms with Gasteiger partial charge in [-0.2, -0.15) is 13.2 Å². The molecule has 1 saturated carbocycles. The molecule has 0 aromatic heterocycles. The van der Waals surface area contributed by atoms with Gasteiger partial charge in [-0.15, -0.1) is 0 Å². The Morgan fingerprint density at radius 1 is 1.00 bits per heavy atom. The van der Waals surface area contributed by atoms with Crippen molar-refractivity contribution in [3.63, 3.8) is 0 Å². The highest BCUT2D eigenvalue weighted by Crippen LogP contribution is 2.47. The summed E-state index contributed by atoms with van der Waals surface area (Å²) in [5.74, 6) is 0. The summed E-state index contributed by atoms with van der Waals surface area (Å²) in [5.41, 5.74) is 5.54. The molecule has 2 N–H and O–H groups in total. The van der Waals surface area contributed by atoms with Crippen molar-refractivity contribution in [3.05, 3.63) is 47.5 Å². The monoisotopic (exact) mass is 251 g/mol. The van der Waals surface area contributed by atoms with E-state index in [1.54, 1.807) is 24.3 Å². The SMILES string of the molecule is NC1(c2cccc3cccc(C(F)(F)F)c23)CC1. The maximum absolute atomic E-state index is 13.1. The minimum atomic E-state index is -4.35. The van der Waals surface area contributed by atoms with Crippen LogP contribution in [0.3, 0.4) is 0 Å². The molecule has 2 aromatic carbocycles. The van der Waals surface area contributed by atoms with E-state index in [0.717, 1.165) is 18.9 Å². The van der Waals surface area contributed by atoms with Crippen LogP contribution in [-0.4, -0.2) is 0 Å². The number of fused-ring (bicyclic) bond motifs is 1. The van der Waals surface area contributed by atoms with E-state index in [0.29, 0.717) is 10.9 Å². The molecule has 1 fully saturated rings. The average Bonchev–Trinajstić information content (AvgIpc) is 3.06. The highest BCUT2D eigenvalue weighted by Gasteiger charge is 2.43. The Bertz CT molecular complexity index is 572. The summed E-state index contributed by atoms with van der Waals surface area (Å²) in [6.45, 7) is 0. The van der Waals surface area contributed by atoms with Crippen molar-refractivity contribution in [1.82, 2.24) is 0 Å². The van der Waals surface area contributed by atoms with Crippen LogP contribution in [0.15, 0.2) is 36.4 Å². The zero-order chi connectivity index (χ0) is 13.0. The van der Waals surface area contributed by atoms with Gasteiger partial charge in [-0.25, -0.2) is 0 Å². The number of halogens is 3. The van der Waals surface area contributed by atoms with Crippen LogP contribution in [0, 0.1) is 0 Å². The van der Waals surface area contributed by atoms with Gasteiger partial charge in [0, 0.05) is 5.54 Å². The second kappa shape index (κ2) is 3.48. The topological polar surface area (TPSA) is 26.0 Å². The molecular weight excluding hydrogens is 239 g/mol. The predicted octanol–water partition coefficient (Wildman–Crippen LogP) is 3.81. The Kier molecular flexibility index (Phi) is 2.23. The van der Waals surface area contributed by atoms with Crippen molar-refractivity contribution in [2.45, 2.75) is 24.6 Å². The molecule has 1 aliphatic carbocycles. The molecule has 0 aliphatic heterocycles. The van der Waals surface area contributed by atoms with Crippen LogP contribution in [0.5, 0.6) is 0 Å². The first-order valence-corrected chi connectivity index (χ1v) is 5.80. The summed E-state index contributed by atoms with van der Waals surface area (Å²) in [6, 6.07) is 9.43. The van der Waals surface area contributed by atoms with E-state index in [9.17, 15) is 13.2 Å². The third-order valence-corrected chi connectivity index (χ3v) is 3.54. The molecule has 2 aromatic rings. The Morgan fingerprint density at radius 2 is 1.61 bits per heavy atom. The number of hydrogen-bond acceptors (Lipinski definition) is 1. The van der Waals surface area contributed by atoms with Crippen LogP contribution in [0.4, 0.5) is 13.2 Å². The second-order valence-corrected chi connectivity index (χ2v) is 4.86. The minimum Gasteiger partial charge on any atom is -0.321 e. The fourth-order valence-corrected chi connectivity index (χ4v) is 2.40. The van der Waals surface area contributed by atoms with Crippen LogP contribution in [0.1, 0.15) is 24.0 Å². The van der Waals surface area contributed by atoms with Crippen LogP contribution in [0.2, 0.25) is 0 Å². The summed E-state index contributed by atoms with van der Waals surface area (Å²) in [6.07, 6.45) is -2.85. The first-order chi connectivity index (χ1) is 8.42. The average molecular weight is 251 g/mol. The highest BCUT2D eigenvalue weighted by atomic mass is 19.4. The summed E-state index contributed by atoms with van der Waals surface area (Å²) in [5, 5.41) is 0.853. The van der Waals surface area contributed by atoms with Crippen molar-refractivity contribution in [2.24, 2.45) is 5.73 Å². The van der Waals surface area contributed by atoms with Gasteiger partial charge in [0.05, 0.1) is 5.56 Å². The van der Waals surface area contributed by atoms with E-state index < -0.39 is 17.3 Å². The quantitative estimate of drug-likeness (QED) is 0.819. The largest absolute Gasteiger partial charge is 0.417 e. The van der Waals surface area contributed by atoms with Gasteiger partial charge in [-0.05, 0) is 35.2 Å². The fraction of sp³-hybridized carbons (Fsp3) is 0.286. The second-order valence-electron chi connectivity index (χ2n) is 4.86. The Balaban J connectivity index is 2.37. The first-order valence-electron chi connectivity index (χ1n) is 5.80. The molecule has 1 aliphatic rings. The lowest BCUT2D eigenvalue weighted by molar-refractivity contribution is -0.136. The van der Waals surface area contributed by atoms with Crippen molar-refractivity contribution in [3.8, 4) is 0 Å². The Hall–Kier alpha value is -1.55. The van der Waals surface area contributed by atoms with Crippen molar-refractivity contribution in [1.29, 1.82) is 0 Å². The molecule has 0 heterocycles. The van der Waals surface area contributed by atoms with Crippen molar-refractivity contribution < 1.29 is 13.2 Å². The Morgan fingerprint density at radius 3 is 2.17 bits per heavy atom. The first kappa shape index (κ1) is 11.5. The van der Waals surface area contributed by atoms with E-state index in [-0.39, 0.29) is 5.39 Å². The molecule has 0 saturated heterocycles.